The summed E-state index contributed by atoms with van der Waals surface area (Å²) in [5.74, 6) is 2.38. The molecular weight excluding hydrogens is 448 g/mol. The van der Waals surface area contributed by atoms with Crippen molar-refractivity contribution >= 4 is 11.3 Å². The third kappa shape index (κ3) is 5.98. The number of hydrogen-bond acceptors (Lipinski definition) is 2. The molecule has 0 saturated heterocycles. The maximum atomic E-state index is 9.81. The standard InChI is InChI=1S/C35H48N2/c1-7-27-9-8-10-30(19-27)33-25(5)32(24(4)13-16-28-14-11-22(2)12-15-28)26(6)34(35(33)37)31-18-23(3)17-29(20-31)21-36/h11-12,14-15,23,27,29-31H,4,7-10,13,16-20,37H2,1-3,5-6H3. The van der Waals surface area contributed by atoms with Gasteiger partial charge in [0, 0.05) is 11.6 Å². The molecule has 2 aliphatic rings. The van der Waals surface area contributed by atoms with Crippen molar-refractivity contribution in [1.82, 2.24) is 0 Å². The molecule has 0 aliphatic heterocycles. The molecule has 2 nitrogen and oxygen atoms in total. The highest BCUT2D eigenvalue weighted by Gasteiger charge is 2.34. The van der Waals surface area contributed by atoms with Crippen LogP contribution in [-0.4, -0.2) is 0 Å². The van der Waals surface area contributed by atoms with E-state index < -0.39 is 0 Å². The molecule has 5 atom stereocenters. The van der Waals surface area contributed by atoms with Gasteiger partial charge in [-0.25, -0.2) is 0 Å². The largest absolute Gasteiger partial charge is 0.398 e. The number of nitriles is 1. The minimum atomic E-state index is 0.129. The lowest BCUT2D eigenvalue weighted by atomic mass is 9.68. The molecule has 37 heavy (non-hydrogen) atoms. The van der Waals surface area contributed by atoms with E-state index in [1.54, 1.807) is 0 Å². The molecule has 2 N–H and O–H groups in total. The van der Waals surface area contributed by atoms with Crippen LogP contribution in [0.15, 0.2) is 30.8 Å². The Morgan fingerprint density at radius 2 is 1.65 bits per heavy atom. The van der Waals surface area contributed by atoms with E-state index in [2.05, 4.69) is 71.5 Å². The van der Waals surface area contributed by atoms with Crippen LogP contribution in [0.25, 0.3) is 5.57 Å². The van der Waals surface area contributed by atoms with E-state index in [0.29, 0.717) is 17.8 Å². The van der Waals surface area contributed by atoms with E-state index in [1.165, 1.54) is 76.6 Å². The van der Waals surface area contributed by atoms with Crippen LogP contribution in [0, 0.1) is 49.9 Å². The Kier molecular flexibility index (Phi) is 8.84. The average molecular weight is 497 g/mol. The van der Waals surface area contributed by atoms with Gasteiger partial charge in [0.2, 0.25) is 0 Å². The Morgan fingerprint density at radius 1 is 0.973 bits per heavy atom. The van der Waals surface area contributed by atoms with Crippen LogP contribution in [0.5, 0.6) is 0 Å². The van der Waals surface area contributed by atoms with Gasteiger partial charge in [-0.05, 0) is 128 Å². The lowest BCUT2D eigenvalue weighted by molar-refractivity contribution is 0.294. The number of benzene rings is 2. The van der Waals surface area contributed by atoms with Crippen molar-refractivity contribution in [3.63, 3.8) is 0 Å². The molecule has 2 aromatic carbocycles. The van der Waals surface area contributed by atoms with Crippen LogP contribution in [0.3, 0.4) is 0 Å². The summed E-state index contributed by atoms with van der Waals surface area (Å²) in [5, 5.41) is 9.81. The van der Waals surface area contributed by atoms with Crippen LogP contribution in [0.1, 0.15) is 122 Å². The first kappa shape index (κ1) is 27.5. The third-order valence-corrected chi connectivity index (χ3v) is 9.63. The number of hydrogen-bond donors (Lipinski definition) is 1. The quantitative estimate of drug-likeness (QED) is 0.388. The fourth-order valence-corrected chi connectivity index (χ4v) is 7.73. The molecule has 0 spiro atoms. The molecule has 2 saturated carbocycles. The molecular formula is C35H48N2. The van der Waals surface area contributed by atoms with Crippen molar-refractivity contribution in [3.05, 3.63) is 69.8 Å². The van der Waals surface area contributed by atoms with Crippen molar-refractivity contribution in [2.75, 3.05) is 5.73 Å². The van der Waals surface area contributed by atoms with Gasteiger partial charge < -0.3 is 5.73 Å². The Hall–Kier alpha value is -2.53. The number of anilines is 1. The van der Waals surface area contributed by atoms with E-state index in [9.17, 15) is 5.26 Å². The summed E-state index contributed by atoms with van der Waals surface area (Å²) >= 11 is 0. The van der Waals surface area contributed by atoms with Gasteiger partial charge in [0.1, 0.15) is 0 Å². The van der Waals surface area contributed by atoms with Crippen molar-refractivity contribution in [2.45, 2.75) is 111 Å². The highest BCUT2D eigenvalue weighted by molar-refractivity contribution is 5.77. The van der Waals surface area contributed by atoms with Gasteiger partial charge >= 0.3 is 0 Å². The van der Waals surface area contributed by atoms with Gasteiger partial charge in [-0.2, -0.15) is 5.26 Å². The predicted molar refractivity (Wildman–Crippen MR) is 159 cm³/mol. The van der Waals surface area contributed by atoms with Crippen LogP contribution < -0.4 is 5.73 Å². The van der Waals surface area contributed by atoms with Crippen LogP contribution in [-0.2, 0) is 6.42 Å². The summed E-state index contributed by atoms with van der Waals surface area (Å²) in [5.41, 5.74) is 19.0. The third-order valence-electron chi connectivity index (χ3n) is 9.63. The van der Waals surface area contributed by atoms with Crippen molar-refractivity contribution in [3.8, 4) is 6.07 Å². The van der Waals surface area contributed by atoms with Crippen molar-refractivity contribution in [1.29, 1.82) is 5.26 Å². The fourth-order valence-electron chi connectivity index (χ4n) is 7.73. The summed E-state index contributed by atoms with van der Waals surface area (Å²) in [6, 6.07) is 11.5. The molecule has 0 radical (unpaired) electrons. The van der Waals surface area contributed by atoms with Gasteiger partial charge in [0.25, 0.3) is 0 Å². The van der Waals surface area contributed by atoms with Crippen LogP contribution in [0.2, 0.25) is 0 Å². The Morgan fingerprint density at radius 3 is 2.30 bits per heavy atom. The maximum absolute atomic E-state index is 9.81. The maximum Gasteiger partial charge on any atom is 0.0656 e. The number of nitrogens with zero attached hydrogens (tertiary/aromatic N) is 1. The highest BCUT2D eigenvalue weighted by Crippen LogP contribution is 2.50. The first-order chi connectivity index (χ1) is 17.7. The summed E-state index contributed by atoms with van der Waals surface area (Å²) in [6.07, 6.45) is 11.4. The summed E-state index contributed by atoms with van der Waals surface area (Å²) in [6.45, 7) is 16.1. The topological polar surface area (TPSA) is 49.8 Å². The molecule has 2 fully saturated rings. The monoisotopic (exact) mass is 496 g/mol. The van der Waals surface area contributed by atoms with E-state index >= 15 is 0 Å². The van der Waals surface area contributed by atoms with Gasteiger partial charge in [0.05, 0.1) is 6.07 Å². The van der Waals surface area contributed by atoms with Gasteiger partial charge in [-0.3, -0.25) is 0 Å². The lowest BCUT2D eigenvalue weighted by Gasteiger charge is -2.37. The predicted octanol–water partition coefficient (Wildman–Crippen LogP) is 9.57. The minimum absolute atomic E-state index is 0.129. The lowest BCUT2D eigenvalue weighted by Crippen LogP contribution is -2.23. The first-order valence-electron chi connectivity index (χ1n) is 14.8. The Bertz CT molecular complexity index is 1150. The van der Waals surface area contributed by atoms with Gasteiger partial charge in [-0.15, -0.1) is 0 Å². The highest BCUT2D eigenvalue weighted by atomic mass is 14.6. The molecule has 198 valence electrons. The molecule has 4 rings (SSSR count). The van der Waals surface area contributed by atoms with E-state index in [4.69, 9.17) is 5.73 Å². The van der Waals surface area contributed by atoms with Crippen LogP contribution >= 0.6 is 0 Å². The Labute approximate surface area is 226 Å². The normalized spacial score (nSPS) is 26.0. The van der Waals surface area contributed by atoms with Crippen molar-refractivity contribution in [2.24, 2.45) is 17.8 Å². The SMILES string of the molecule is C=C(CCc1ccc(C)cc1)c1c(C)c(C2CC(C)CC(C#N)C2)c(N)c(C2CCCC(CC)C2)c1C. The molecule has 0 amide bonds. The summed E-state index contributed by atoms with van der Waals surface area (Å²) < 4.78 is 0. The zero-order valence-corrected chi connectivity index (χ0v) is 24.0. The number of rotatable bonds is 7. The van der Waals surface area contributed by atoms with Crippen LogP contribution in [0.4, 0.5) is 5.69 Å². The molecule has 0 aromatic heterocycles. The molecule has 2 aromatic rings. The number of nitrogens with two attached hydrogens (primary N) is 1. The van der Waals surface area contributed by atoms with Crippen molar-refractivity contribution < 1.29 is 0 Å². The smallest absolute Gasteiger partial charge is 0.0656 e. The molecule has 0 bridgehead atoms. The minimum Gasteiger partial charge on any atom is -0.398 e. The second-order valence-corrected chi connectivity index (χ2v) is 12.4. The molecule has 5 unspecified atom stereocenters. The Balaban J connectivity index is 1.77. The second kappa shape index (κ2) is 11.9. The summed E-state index contributed by atoms with van der Waals surface area (Å²) in [4.78, 5) is 0. The first-order valence-corrected chi connectivity index (χ1v) is 14.8. The summed E-state index contributed by atoms with van der Waals surface area (Å²) in [7, 11) is 0. The van der Waals surface area contributed by atoms with Gasteiger partial charge in [0.15, 0.2) is 0 Å². The fraction of sp³-hybridized carbons (Fsp3) is 0.571. The molecule has 2 heteroatoms. The van der Waals surface area contributed by atoms with E-state index in [0.717, 1.165) is 43.7 Å². The number of nitrogen functional groups attached to an aromatic ring is 1. The molecule has 0 heterocycles. The zero-order valence-electron chi connectivity index (χ0n) is 24.0. The van der Waals surface area contributed by atoms with Gasteiger partial charge in [-0.1, -0.05) is 69.5 Å². The van der Waals surface area contributed by atoms with E-state index in [-0.39, 0.29) is 5.92 Å². The second-order valence-electron chi connectivity index (χ2n) is 12.4. The number of aryl methyl sites for hydroxylation is 2. The zero-order chi connectivity index (χ0) is 26.7. The average Bonchev–Trinajstić information content (AvgIpc) is 2.88. The molecule has 2 aliphatic carbocycles. The van der Waals surface area contributed by atoms with E-state index in [1.807, 2.05) is 0 Å². The number of allylic oxidation sites excluding steroid dienone is 1.